The van der Waals surface area contributed by atoms with Gasteiger partial charge in [-0.25, -0.2) is 9.84 Å². The first-order valence-corrected chi connectivity index (χ1v) is 5.13. The van der Waals surface area contributed by atoms with Crippen LogP contribution in [0.2, 0.25) is 0 Å². The van der Waals surface area contributed by atoms with Gasteiger partial charge in [0.15, 0.2) is 11.9 Å². The van der Waals surface area contributed by atoms with Gasteiger partial charge in [-0.2, -0.15) is 0 Å². The second-order valence-corrected chi connectivity index (χ2v) is 3.49. The Morgan fingerprint density at radius 2 is 1.72 bits per heavy atom. The summed E-state index contributed by atoms with van der Waals surface area (Å²) < 4.78 is 0. The van der Waals surface area contributed by atoms with Crippen molar-refractivity contribution in [1.29, 1.82) is 0 Å². The fourth-order valence-corrected chi connectivity index (χ4v) is 1.39. The zero-order valence-corrected chi connectivity index (χ0v) is 10.1. The molecule has 2 aromatic carbocycles. The molecule has 84 valence electrons. The molecule has 0 unspecified atom stereocenters. The predicted molar refractivity (Wildman–Crippen MR) is 70.1 cm³/mol. The van der Waals surface area contributed by atoms with Crippen LogP contribution < -0.4 is 10.1 Å². The second-order valence-electron chi connectivity index (χ2n) is 3.49. The van der Waals surface area contributed by atoms with Gasteiger partial charge in [-0.15, -0.1) is 0 Å². The quantitative estimate of drug-likeness (QED) is 0.461. The first kappa shape index (κ1) is 14.1. The van der Waals surface area contributed by atoms with E-state index >= 15 is 0 Å². The summed E-state index contributed by atoms with van der Waals surface area (Å²) >= 11 is 0. The van der Waals surface area contributed by atoms with Gasteiger partial charge in [-0.1, -0.05) is 23.9 Å². The average molecular weight is 229 g/mol. The van der Waals surface area contributed by atoms with Crippen LogP contribution in [0.25, 0.3) is 4.85 Å². The van der Waals surface area contributed by atoms with Crippen LogP contribution in [0.15, 0.2) is 48.5 Å². The van der Waals surface area contributed by atoms with Crippen molar-refractivity contribution in [3.05, 3.63) is 65.5 Å². The molecular weight excluding hydrogens is 219 g/mol. The third-order valence-electron chi connectivity index (χ3n) is 2.31. The maximum absolute atomic E-state index is 11.4. The molecule has 0 bridgehead atoms. The molecule has 1 N–H and O–H groups in total. The Kier molecular flexibility index (Phi) is 5.21. The van der Waals surface area contributed by atoms with E-state index in [0.717, 1.165) is 5.69 Å². The van der Waals surface area contributed by atoms with Crippen molar-refractivity contribution in [2.24, 2.45) is 0 Å². The van der Waals surface area contributed by atoms with Crippen LogP contribution in [0, 0.1) is 6.57 Å². The summed E-state index contributed by atoms with van der Waals surface area (Å²) in [6.45, 7) is 6.83. The smallest absolute Gasteiger partial charge is 0.200 e. The molecule has 3 nitrogen and oxygen atoms in total. The molecule has 2 aromatic rings. The zero-order valence-electron chi connectivity index (χ0n) is 10.1. The van der Waals surface area contributed by atoms with Gasteiger partial charge in [-0.05, 0) is 30.3 Å². The predicted octanol–water partition coefficient (Wildman–Crippen LogP) is 0.761. The second kappa shape index (κ2) is 6.66. The van der Waals surface area contributed by atoms with Gasteiger partial charge in [0.2, 0.25) is 5.69 Å². The van der Waals surface area contributed by atoms with Crippen LogP contribution in [0.4, 0.5) is 11.4 Å². The Morgan fingerprint density at radius 1 is 1.06 bits per heavy atom. The summed E-state index contributed by atoms with van der Waals surface area (Å²) in [4.78, 5) is 6.33. The fraction of sp³-hybridized carbons (Fsp3) is 0. The van der Waals surface area contributed by atoms with Crippen molar-refractivity contribution < 1.29 is 10.1 Å². The third-order valence-corrected chi connectivity index (χ3v) is 2.31. The molecule has 0 saturated heterocycles. The van der Waals surface area contributed by atoms with Crippen LogP contribution in [-0.4, -0.2) is 25.1 Å². The number of para-hydroxylation sites is 1. The Labute approximate surface area is 118 Å². The molecule has 0 aliphatic carbocycles. The van der Waals surface area contributed by atoms with Gasteiger partial charge in [0.25, 0.3) is 0 Å². The molecule has 0 heterocycles. The van der Waals surface area contributed by atoms with Gasteiger partial charge in [0.05, 0.1) is 6.57 Å². The van der Waals surface area contributed by atoms with E-state index in [9.17, 15) is 5.11 Å². The van der Waals surface area contributed by atoms with E-state index in [0.29, 0.717) is 11.3 Å². The molecule has 0 saturated carbocycles. The largest absolute Gasteiger partial charge is 1.00 e. The third kappa shape index (κ3) is 3.50. The van der Waals surface area contributed by atoms with Crippen molar-refractivity contribution in [2.75, 3.05) is 0 Å². The molecule has 0 aromatic heterocycles. The summed E-state index contributed by atoms with van der Waals surface area (Å²) in [6, 6.07) is 13.9. The number of nitrogens with one attached hydrogen (secondary N) is 1. The average Bonchev–Trinajstić information content (AvgIpc) is 2.38. The first-order chi connectivity index (χ1) is 8.29. The topological polar surface area (TPSA) is 41.4 Å². The minimum atomic E-state index is -0.0159. The number of rotatable bonds is 2. The van der Waals surface area contributed by atoms with E-state index in [1.54, 1.807) is 42.6 Å². The van der Waals surface area contributed by atoms with Crippen LogP contribution in [-0.2, 0) is 0 Å². The summed E-state index contributed by atoms with van der Waals surface area (Å²) in [5.74, 6) is -0.0159. The molecule has 0 atom stereocenters. The summed E-state index contributed by atoms with van der Waals surface area (Å²) in [5.41, 5.74) is 2.06. The standard InChI is InChI=1S/C14H10N2O.Li/c1-15-12-6-8-13(9-7-12)16-10-11-4-2-3-5-14(11)17;/h2-10,17H;/q;-1. The molecule has 0 fully saturated rings. The van der Waals surface area contributed by atoms with Gasteiger partial charge in [-0.3, -0.25) is 0 Å². The van der Waals surface area contributed by atoms with E-state index in [1.165, 1.54) is 6.07 Å². The molecule has 0 aliphatic heterocycles. The van der Waals surface area contributed by atoms with Crippen molar-refractivity contribution in [2.45, 2.75) is 0 Å². The zero-order chi connectivity index (χ0) is 12.1. The number of hydrogen-bond donors (Lipinski definition) is 1. The summed E-state index contributed by atoms with van der Waals surface area (Å²) in [5, 5.41) is 11.4. The molecule has 18 heavy (non-hydrogen) atoms. The van der Waals surface area contributed by atoms with E-state index < -0.39 is 0 Å². The van der Waals surface area contributed by atoms with Crippen molar-refractivity contribution >= 4 is 36.4 Å². The molecule has 0 aliphatic rings. The number of nitrogens with zero attached hydrogens (tertiary/aromatic N) is 1. The Balaban J connectivity index is 0.00000162. The van der Waals surface area contributed by atoms with Crippen molar-refractivity contribution in [3.63, 3.8) is 0 Å². The van der Waals surface area contributed by atoms with E-state index in [-0.39, 0.29) is 24.6 Å². The first-order valence-electron chi connectivity index (χ1n) is 5.13. The van der Waals surface area contributed by atoms with Gasteiger partial charge < -0.3 is 24.0 Å². The van der Waals surface area contributed by atoms with Crippen LogP contribution in [0.3, 0.4) is 0 Å². The van der Waals surface area contributed by atoms with Gasteiger partial charge >= 0.3 is 0 Å². The monoisotopic (exact) mass is 229 g/mol. The van der Waals surface area contributed by atoms with E-state index in [2.05, 4.69) is 9.84 Å². The maximum atomic E-state index is 11.4. The normalized spacial score (nSPS) is 9.72. The minimum Gasteiger partial charge on any atom is -1.00 e. The number of hydrogen-bond acceptors (Lipinski definition) is 1. The van der Waals surface area contributed by atoms with Crippen LogP contribution >= 0.6 is 0 Å². The Bertz CT molecular complexity index is 585. The van der Waals surface area contributed by atoms with E-state index in [1.807, 2.05) is 6.07 Å². The fourth-order valence-electron chi connectivity index (χ4n) is 1.39. The van der Waals surface area contributed by atoms with Crippen LogP contribution in [0.1, 0.15) is 5.56 Å². The minimum absolute atomic E-state index is 0. The molecule has 0 spiro atoms. The van der Waals surface area contributed by atoms with E-state index in [4.69, 9.17) is 6.57 Å². The van der Waals surface area contributed by atoms with Gasteiger partial charge in [0, 0.05) is 5.56 Å². The Morgan fingerprint density at radius 3 is 2.33 bits per heavy atom. The Hall–Kier alpha value is -2.00. The van der Waals surface area contributed by atoms with Crippen molar-refractivity contribution in [1.82, 2.24) is 0 Å². The maximum Gasteiger partial charge on any atom is 0.200 e. The summed E-state index contributed by atoms with van der Waals surface area (Å²) in [7, 11) is 0. The van der Waals surface area contributed by atoms with Gasteiger partial charge in [0.1, 0.15) is 0 Å². The molecule has 0 amide bonds. The van der Waals surface area contributed by atoms with Crippen LogP contribution in [0.5, 0.6) is 5.75 Å². The molecular formula is C14H10LiN2O-. The molecule has 2 rings (SSSR count). The molecule has 4 heteroatoms. The van der Waals surface area contributed by atoms with Crippen molar-refractivity contribution in [3.8, 4) is 5.75 Å². The molecule has 2 radical (unpaired) electrons. The SMILES string of the molecule is [C-]#[N+]c1ccc([NH+]=Cc2ccccc2[O-])cc1.[Li-]. The summed E-state index contributed by atoms with van der Waals surface area (Å²) in [6.07, 6.45) is 1.66. The number of benzene rings is 2.